The zero-order valence-corrected chi connectivity index (χ0v) is 14.9. The Morgan fingerprint density at radius 2 is 1.85 bits per heavy atom. The van der Waals surface area contributed by atoms with Gasteiger partial charge in [-0.05, 0) is 41.8 Å². The molecule has 0 aromatic heterocycles. The third-order valence-electron chi connectivity index (χ3n) is 4.35. The van der Waals surface area contributed by atoms with E-state index >= 15 is 0 Å². The van der Waals surface area contributed by atoms with E-state index in [-0.39, 0.29) is 30.3 Å². The molecule has 0 saturated heterocycles. The van der Waals surface area contributed by atoms with Crippen LogP contribution in [0.4, 0.5) is 4.39 Å². The number of hydrogen-bond acceptors (Lipinski definition) is 3. The van der Waals surface area contributed by atoms with Gasteiger partial charge in [-0.1, -0.05) is 30.3 Å². The molecule has 1 amide bonds. The van der Waals surface area contributed by atoms with Gasteiger partial charge < -0.3 is 5.32 Å². The summed E-state index contributed by atoms with van der Waals surface area (Å²) in [5.74, 6) is -0.904. The minimum Gasteiger partial charge on any atom is -0.351 e. The van der Waals surface area contributed by atoms with E-state index in [0.29, 0.717) is 0 Å². The maximum atomic E-state index is 13.2. The number of carbonyl (C=O) groups is 1. The lowest BCUT2D eigenvalue weighted by Gasteiger charge is -2.35. The summed E-state index contributed by atoms with van der Waals surface area (Å²) in [5.41, 5.74) is 1.79. The summed E-state index contributed by atoms with van der Waals surface area (Å²) in [6, 6.07) is 11.2. The molecule has 2 aromatic rings. The number of rotatable bonds is 5. The molecular formula is C19H19FN2O3S. The van der Waals surface area contributed by atoms with Gasteiger partial charge in [0.25, 0.3) is 0 Å². The molecule has 0 aliphatic carbocycles. The molecule has 1 unspecified atom stereocenters. The van der Waals surface area contributed by atoms with Crippen LogP contribution < -0.4 is 5.32 Å². The molecule has 136 valence electrons. The van der Waals surface area contributed by atoms with E-state index in [1.807, 2.05) is 24.3 Å². The second-order valence-electron chi connectivity index (χ2n) is 6.03. The third kappa shape index (κ3) is 3.54. The zero-order chi connectivity index (χ0) is 18.7. The molecule has 5 nitrogen and oxygen atoms in total. The summed E-state index contributed by atoms with van der Waals surface area (Å²) in [6.45, 7) is 3.89. The summed E-state index contributed by atoms with van der Waals surface area (Å²) < 4.78 is 40.6. The highest BCUT2D eigenvalue weighted by atomic mass is 32.2. The fraction of sp³-hybridized carbons (Fsp3) is 0.211. The zero-order valence-electron chi connectivity index (χ0n) is 14.1. The first kappa shape index (κ1) is 18.3. The number of nitrogens with one attached hydrogen (secondary N) is 1. The van der Waals surface area contributed by atoms with Gasteiger partial charge in [0.2, 0.25) is 15.9 Å². The molecule has 2 aromatic carbocycles. The van der Waals surface area contributed by atoms with Crippen molar-refractivity contribution in [1.29, 1.82) is 0 Å². The minimum atomic E-state index is -3.96. The molecule has 0 bridgehead atoms. The number of fused-ring (bicyclic) bond motifs is 1. The van der Waals surface area contributed by atoms with Crippen LogP contribution in [0.2, 0.25) is 0 Å². The monoisotopic (exact) mass is 374 g/mol. The largest absolute Gasteiger partial charge is 0.351 e. The smallest absolute Gasteiger partial charge is 0.244 e. The number of nitrogens with zero attached hydrogens (tertiary/aromatic N) is 1. The van der Waals surface area contributed by atoms with Crippen LogP contribution in [0.1, 0.15) is 11.1 Å². The summed E-state index contributed by atoms with van der Waals surface area (Å²) in [5, 5.41) is 2.67. The SMILES string of the molecule is C=CCNC(=O)C1Cc2ccccc2CN1S(=O)(=O)c1ccc(F)cc1. The van der Waals surface area contributed by atoms with Crippen LogP contribution >= 0.6 is 0 Å². The predicted molar refractivity (Wildman–Crippen MR) is 96.3 cm³/mol. The topological polar surface area (TPSA) is 66.5 Å². The average Bonchev–Trinajstić information content (AvgIpc) is 2.65. The number of benzene rings is 2. The third-order valence-corrected chi connectivity index (χ3v) is 6.22. The maximum Gasteiger partial charge on any atom is 0.244 e. The fourth-order valence-corrected chi connectivity index (χ4v) is 4.57. The van der Waals surface area contributed by atoms with Gasteiger partial charge in [0.05, 0.1) is 4.90 Å². The second-order valence-corrected chi connectivity index (χ2v) is 7.92. The van der Waals surface area contributed by atoms with E-state index in [0.717, 1.165) is 23.3 Å². The molecule has 1 aliphatic heterocycles. The quantitative estimate of drug-likeness (QED) is 0.817. The van der Waals surface area contributed by atoms with Crippen LogP contribution in [0.15, 0.2) is 66.1 Å². The van der Waals surface area contributed by atoms with Gasteiger partial charge >= 0.3 is 0 Å². The number of hydrogen-bond donors (Lipinski definition) is 1. The molecule has 1 heterocycles. The van der Waals surface area contributed by atoms with E-state index in [1.54, 1.807) is 0 Å². The van der Waals surface area contributed by atoms with Crippen LogP contribution in [0.25, 0.3) is 0 Å². The molecule has 0 spiro atoms. The first-order valence-electron chi connectivity index (χ1n) is 8.16. The Morgan fingerprint density at radius 3 is 2.50 bits per heavy atom. The normalized spacial score (nSPS) is 17.3. The van der Waals surface area contributed by atoms with Crippen molar-refractivity contribution in [2.75, 3.05) is 6.54 Å². The van der Waals surface area contributed by atoms with E-state index in [4.69, 9.17) is 0 Å². The lowest BCUT2D eigenvalue weighted by atomic mass is 9.95. The molecule has 7 heteroatoms. The Kier molecular flexibility index (Phi) is 5.20. The van der Waals surface area contributed by atoms with Crippen LogP contribution in [-0.4, -0.2) is 31.2 Å². The maximum absolute atomic E-state index is 13.2. The Labute approximate surface area is 152 Å². The van der Waals surface area contributed by atoms with E-state index in [1.165, 1.54) is 22.5 Å². The van der Waals surface area contributed by atoms with Crippen molar-refractivity contribution in [3.05, 3.63) is 78.1 Å². The van der Waals surface area contributed by atoms with Crippen molar-refractivity contribution >= 4 is 15.9 Å². The summed E-state index contributed by atoms with van der Waals surface area (Å²) >= 11 is 0. The fourth-order valence-electron chi connectivity index (χ4n) is 3.01. The van der Waals surface area contributed by atoms with Crippen LogP contribution in [0, 0.1) is 5.82 Å². The van der Waals surface area contributed by atoms with Crippen LogP contribution in [-0.2, 0) is 27.8 Å². The first-order chi connectivity index (χ1) is 12.4. The molecular weight excluding hydrogens is 355 g/mol. The number of halogens is 1. The van der Waals surface area contributed by atoms with Gasteiger partial charge in [0.15, 0.2) is 0 Å². The minimum absolute atomic E-state index is 0.0419. The standard InChI is InChI=1S/C19H19FN2O3S/c1-2-11-21-19(23)18-12-14-5-3-4-6-15(14)13-22(18)26(24,25)17-9-7-16(20)8-10-17/h2-10,18H,1,11-13H2,(H,21,23). The molecule has 0 radical (unpaired) electrons. The second kappa shape index (κ2) is 7.39. The van der Waals surface area contributed by atoms with Gasteiger partial charge in [0, 0.05) is 13.1 Å². The number of carbonyl (C=O) groups excluding carboxylic acids is 1. The average molecular weight is 374 g/mol. The lowest BCUT2D eigenvalue weighted by Crippen LogP contribution is -2.52. The van der Waals surface area contributed by atoms with Gasteiger partial charge in [-0.15, -0.1) is 6.58 Å². The predicted octanol–water partition coefficient (Wildman–Crippen LogP) is 2.24. The Balaban J connectivity index is 2.01. The van der Waals surface area contributed by atoms with Crippen molar-refractivity contribution in [1.82, 2.24) is 9.62 Å². The van der Waals surface area contributed by atoms with Crippen LogP contribution in [0.5, 0.6) is 0 Å². The summed E-state index contributed by atoms with van der Waals surface area (Å²) in [6.07, 6.45) is 1.81. The Morgan fingerprint density at radius 1 is 1.19 bits per heavy atom. The van der Waals surface area contributed by atoms with E-state index < -0.39 is 21.9 Å². The van der Waals surface area contributed by atoms with Gasteiger partial charge in [0.1, 0.15) is 11.9 Å². The molecule has 26 heavy (non-hydrogen) atoms. The highest BCUT2D eigenvalue weighted by Crippen LogP contribution is 2.29. The van der Waals surface area contributed by atoms with Crippen molar-refractivity contribution in [3.8, 4) is 0 Å². The van der Waals surface area contributed by atoms with Crippen molar-refractivity contribution in [2.45, 2.75) is 23.9 Å². The molecule has 0 fully saturated rings. The molecule has 1 atom stereocenters. The molecule has 3 rings (SSSR count). The molecule has 1 N–H and O–H groups in total. The highest BCUT2D eigenvalue weighted by Gasteiger charge is 2.39. The van der Waals surface area contributed by atoms with E-state index in [2.05, 4.69) is 11.9 Å². The van der Waals surface area contributed by atoms with Gasteiger partial charge in [-0.3, -0.25) is 4.79 Å². The Bertz CT molecular complexity index is 926. The molecule has 0 saturated carbocycles. The van der Waals surface area contributed by atoms with Gasteiger partial charge in [-0.2, -0.15) is 4.31 Å². The van der Waals surface area contributed by atoms with Crippen molar-refractivity contribution in [3.63, 3.8) is 0 Å². The van der Waals surface area contributed by atoms with Crippen molar-refractivity contribution in [2.24, 2.45) is 0 Å². The van der Waals surface area contributed by atoms with Crippen LogP contribution in [0.3, 0.4) is 0 Å². The van der Waals surface area contributed by atoms with Crippen molar-refractivity contribution < 1.29 is 17.6 Å². The number of amides is 1. The highest BCUT2D eigenvalue weighted by molar-refractivity contribution is 7.89. The Hall–Kier alpha value is -2.51. The lowest BCUT2D eigenvalue weighted by molar-refractivity contribution is -0.125. The summed E-state index contributed by atoms with van der Waals surface area (Å²) in [7, 11) is -3.96. The first-order valence-corrected chi connectivity index (χ1v) is 9.60. The number of sulfonamides is 1. The molecule has 1 aliphatic rings. The van der Waals surface area contributed by atoms with E-state index in [9.17, 15) is 17.6 Å². The van der Waals surface area contributed by atoms with Gasteiger partial charge in [-0.25, -0.2) is 12.8 Å². The summed E-state index contributed by atoms with van der Waals surface area (Å²) in [4.78, 5) is 12.5.